The minimum Gasteiger partial charge on any atom is -0.459 e. The molecule has 2 rings (SSSR count). The molecule has 1 aromatic rings. The molecule has 0 aromatic heterocycles. The summed E-state index contributed by atoms with van der Waals surface area (Å²) in [6.45, 7) is 5.24. The van der Waals surface area contributed by atoms with E-state index in [0.29, 0.717) is 5.56 Å². The fourth-order valence-electron chi connectivity index (χ4n) is 3.14. The Morgan fingerprint density at radius 2 is 1.71 bits per heavy atom. The lowest BCUT2D eigenvalue weighted by molar-refractivity contribution is -0.261. The molecule has 0 radical (unpaired) electrons. The summed E-state index contributed by atoms with van der Waals surface area (Å²) in [6.07, 6.45) is -4.23. The van der Waals surface area contributed by atoms with Gasteiger partial charge in [0.05, 0.1) is 12.3 Å². The van der Waals surface area contributed by atoms with Crippen molar-refractivity contribution in [3.8, 4) is 5.75 Å². The summed E-state index contributed by atoms with van der Waals surface area (Å²) >= 11 is 0. The Hall–Kier alpha value is -2.65. The Morgan fingerprint density at radius 1 is 1.11 bits per heavy atom. The number of rotatable bonds is 6. The van der Waals surface area contributed by atoms with Crippen molar-refractivity contribution in [2.45, 2.75) is 58.9 Å². The highest BCUT2D eigenvalue weighted by Gasteiger charge is 2.50. The highest BCUT2D eigenvalue weighted by molar-refractivity contribution is 5.81. The fraction of sp³-hybridized carbons (Fsp3) is 0.526. The molecule has 1 saturated heterocycles. The molecule has 5 atom stereocenters. The zero-order valence-corrected chi connectivity index (χ0v) is 16.2. The number of esters is 2. The van der Waals surface area contributed by atoms with Gasteiger partial charge in [-0.1, -0.05) is 13.0 Å². The third-order valence-electron chi connectivity index (χ3n) is 4.37. The number of hydrogen-bond acceptors (Lipinski definition) is 9. The number of nitrogen functional groups attached to an aromatic ring is 1. The molecule has 3 N–H and O–H groups in total. The van der Waals surface area contributed by atoms with E-state index in [-0.39, 0.29) is 23.8 Å². The molecule has 1 aliphatic rings. The van der Waals surface area contributed by atoms with E-state index in [1.54, 1.807) is 13.0 Å². The van der Waals surface area contributed by atoms with Gasteiger partial charge in [-0.25, -0.2) is 0 Å². The van der Waals surface area contributed by atoms with Gasteiger partial charge in [0.2, 0.25) is 12.4 Å². The van der Waals surface area contributed by atoms with Crippen molar-refractivity contribution in [1.82, 2.24) is 0 Å². The second kappa shape index (κ2) is 9.03. The summed E-state index contributed by atoms with van der Waals surface area (Å²) in [5.41, 5.74) is 6.75. The number of benzene rings is 1. The van der Waals surface area contributed by atoms with E-state index in [1.807, 2.05) is 0 Å². The van der Waals surface area contributed by atoms with Crippen molar-refractivity contribution < 1.29 is 38.4 Å². The van der Waals surface area contributed by atoms with Crippen LogP contribution in [0.4, 0.5) is 5.69 Å². The van der Waals surface area contributed by atoms with Crippen molar-refractivity contribution in [2.24, 2.45) is 5.92 Å². The third kappa shape index (κ3) is 4.99. The van der Waals surface area contributed by atoms with E-state index in [4.69, 9.17) is 24.7 Å². The second-order valence-corrected chi connectivity index (χ2v) is 6.69. The number of ketones is 1. The molecule has 0 bridgehead atoms. The molecular formula is C19H25NO8. The Labute approximate surface area is 162 Å². The van der Waals surface area contributed by atoms with Gasteiger partial charge in [-0.3, -0.25) is 14.4 Å². The molecule has 1 fully saturated rings. The number of nitrogens with two attached hydrogens (primary N) is 1. The standard InChI is InChI=1S/C19H25NO8/c1-9-16(10(2)22)28-19(18(26-12(4)24)17(9)25-11(3)23)27-15-6-5-13(8-21)7-14(15)20/h5-7,9,16-19,21H,8,20H2,1-4H3/t9-,16+,17+,18-,19-/m1/s1. The molecule has 0 aliphatic carbocycles. The van der Waals surface area contributed by atoms with Crippen LogP contribution in [0, 0.1) is 5.92 Å². The molecule has 1 aromatic carbocycles. The van der Waals surface area contributed by atoms with Crippen molar-refractivity contribution in [3.05, 3.63) is 23.8 Å². The first-order valence-corrected chi connectivity index (χ1v) is 8.80. The number of ether oxygens (including phenoxy) is 4. The average molecular weight is 395 g/mol. The van der Waals surface area contributed by atoms with Gasteiger partial charge in [0.25, 0.3) is 0 Å². The Kier molecular flexibility index (Phi) is 6.98. The van der Waals surface area contributed by atoms with Gasteiger partial charge in [0.1, 0.15) is 11.9 Å². The van der Waals surface area contributed by atoms with Crippen molar-refractivity contribution >= 4 is 23.4 Å². The predicted molar refractivity (Wildman–Crippen MR) is 97.0 cm³/mol. The Bertz CT molecular complexity index is 749. The van der Waals surface area contributed by atoms with Crippen LogP contribution in [0.2, 0.25) is 0 Å². The summed E-state index contributed by atoms with van der Waals surface area (Å²) in [6, 6.07) is 4.65. The topological polar surface area (TPSA) is 134 Å². The van der Waals surface area contributed by atoms with Gasteiger partial charge >= 0.3 is 11.9 Å². The maximum absolute atomic E-state index is 12.0. The van der Waals surface area contributed by atoms with E-state index in [2.05, 4.69) is 0 Å². The van der Waals surface area contributed by atoms with Crippen LogP contribution < -0.4 is 10.5 Å². The average Bonchev–Trinajstić information content (AvgIpc) is 2.60. The minimum atomic E-state index is -1.24. The van der Waals surface area contributed by atoms with Gasteiger partial charge in [0, 0.05) is 19.8 Å². The number of carbonyl (C=O) groups excluding carboxylic acids is 3. The molecular weight excluding hydrogens is 370 g/mol. The number of aliphatic hydroxyl groups is 1. The van der Waals surface area contributed by atoms with Crippen molar-refractivity contribution in [2.75, 3.05) is 5.73 Å². The monoisotopic (exact) mass is 395 g/mol. The highest BCUT2D eigenvalue weighted by atomic mass is 16.7. The predicted octanol–water partition coefficient (Wildman–Crippen LogP) is 0.953. The van der Waals surface area contributed by atoms with E-state index in [0.717, 1.165) is 0 Å². The van der Waals surface area contributed by atoms with Crippen molar-refractivity contribution in [3.63, 3.8) is 0 Å². The summed E-state index contributed by atoms with van der Waals surface area (Å²) in [7, 11) is 0. The smallest absolute Gasteiger partial charge is 0.303 e. The zero-order chi connectivity index (χ0) is 21.0. The normalized spacial score (nSPS) is 27.0. The van der Waals surface area contributed by atoms with Crippen LogP contribution in [0.15, 0.2) is 18.2 Å². The van der Waals surface area contributed by atoms with Gasteiger partial charge < -0.3 is 29.8 Å². The van der Waals surface area contributed by atoms with Gasteiger partial charge in [-0.15, -0.1) is 0 Å². The maximum atomic E-state index is 12.0. The van der Waals surface area contributed by atoms with Crippen LogP contribution in [0.3, 0.4) is 0 Å². The highest BCUT2D eigenvalue weighted by Crippen LogP contribution is 2.34. The lowest BCUT2D eigenvalue weighted by atomic mass is 9.88. The summed E-state index contributed by atoms with van der Waals surface area (Å²) in [4.78, 5) is 35.2. The quantitative estimate of drug-likeness (QED) is 0.533. The largest absolute Gasteiger partial charge is 0.459 e. The van der Waals surface area contributed by atoms with Crippen LogP contribution in [-0.4, -0.2) is 47.4 Å². The molecule has 0 spiro atoms. The van der Waals surface area contributed by atoms with E-state index < -0.39 is 42.5 Å². The first-order valence-electron chi connectivity index (χ1n) is 8.80. The summed E-state index contributed by atoms with van der Waals surface area (Å²) in [5, 5.41) is 9.19. The van der Waals surface area contributed by atoms with Gasteiger partial charge in [-0.2, -0.15) is 0 Å². The van der Waals surface area contributed by atoms with E-state index in [9.17, 15) is 19.5 Å². The number of Topliss-reactive ketones (excluding diaryl/α,β-unsaturated/α-hetero) is 1. The molecule has 0 amide bonds. The number of anilines is 1. The molecule has 1 aliphatic heterocycles. The number of hydrogen-bond donors (Lipinski definition) is 2. The SMILES string of the molecule is CC(=O)O[C@H]1[C@H](Oc2ccc(CO)cc2N)O[C@H](C(C)=O)[C@@H](C)[C@@H]1OC(C)=O. The van der Waals surface area contributed by atoms with Crippen LogP contribution in [-0.2, 0) is 35.2 Å². The molecule has 154 valence electrons. The molecule has 1 heterocycles. The molecule has 9 nitrogen and oxygen atoms in total. The van der Waals surface area contributed by atoms with E-state index >= 15 is 0 Å². The lowest BCUT2D eigenvalue weighted by Crippen LogP contribution is -2.59. The molecule has 0 unspecified atom stereocenters. The van der Waals surface area contributed by atoms with Gasteiger partial charge in [-0.05, 0) is 24.6 Å². The first kappa shape index (κ1) is 21.6. The Morgan fingerprint density at radius 3 is 2.21 bits per heavy atom. The minimum absolute atomic E-state index is 0.196. The fourth-order valence-corrected chi connectivity index (χ4v) is 3.14. The molecule has 28 heavy (non-hydrogen) atoms. The Balaban J connectivity index is 2.39. The molecule has 9 heteroatoms. The lowest BCUT2D eigenvalue weighted by Gasteiger charge is -2.43. The number of aliphatic hydroxyl groups excluding tert-OH is 1. The first-order chi connectivity index (χ1) is 13.1. The van der Waals surface area contributed by atoms with Crippen LogP contribution in [0.25, 0.3) is 0 Å². The van der Waals surface area contributed by atoms with Crippen molar-refractivity contribution in [1.29, 1.82) is 0 Å². The number of carbonyl (C=O) groups is 3. The second-order valence-electron chi connectivity index (χ2n) is 6.69. The van der Waals surface area contributed by atoms with Crippen LogP contribution >= 0.6 is 0 Å². The van der Waals surface area contributed by atoms with E-state index in [1.165, 1.54) is 32.9 Å². The maximum Gasteiger partial charge on any atom is 0.303 e. The zero-order valence-electron chi connectivity index (χ0n) is 16.2. The summed E-state index contributed by atoms with van der Waals surface area (Å²) in [5.74, 6) is -1.87. The van der Waals surface area contributed by atoms with Crippen LogP contribution in [0.5, 0.6) is 5.75 Å². The summed E-state index contributed by atoms with van der Waals surface area (Å²) < 4.78 is 22.2. The molecule has 0 saturated carbocycles. The van der Waals surface area contributed by atoms with Crippen LogP contribution in [0.1, 0.15) is 33.3 Å². The third-order valence-corrected chi connectivity index (χ3v) is 4.37. The van der Waals surface area contributed by atoms with Gasteiger partial charge in [0.15, 0.2) is 11.9 Å².